The first-order valence-electron chi connectivity index (χ1n) is 9.44. The van der Waals surface area contributed by atoms with Crippen LogP contribution in [0.3, 0.4) is 0 Å². The van der Waals surface area contributed by atoms with E-state index in [1.54, 1.807) is 23.1 Å². The molecule has 0 N–H and O–H groups in total. The van der Waals surface area contributed by atoms with Crippen LogP contribution in [0.15, 0.2) is 28.8 Å². The van der Waals surface area contributed by atoms with E-state index in [9.17, 15) is 9.59 Å². The summed E-state index contributed by atoms with van der Waals surface area (Å²) in [5.41, 5.74) is 0.175. The molecule has 1 aliphatic rings. The molecule has 156 valence electrons. The maximum Gasteiger partial charge on any atom is 0.410 e. The summed E-state index contributed by atoms with van der Waals surface area (Å²) in [4.78, 5) is 30.3. The second-order valence-corrected chi connectivity index (χ2v) is 8.31. The molecule has 1 aliphatic heterocycles. The molecule has 1 fully saturated rings. The largest absolute Gasteiger partial charge is 0.455 e. The van der Waals surface area contributed by atoms with Gasteiger partial charge in [0.1, 0.15) is 5.60 Å². The van der Waals surface area contributed by atoms with Gasteiger partial charge in [0.25, 0.3) is 5.89 Å². The number of esters is 1. The zero-order valence-electron chi connectivity index (χ0n) is 16.7. The standard InChI is InChI=1S/C20H24ClN3O5/c1-20(2,3)28-19(26)24-9-7-13(8-10-24)18(25)27-12-16-22-17(23-29-16)14-5-4-6-15(21)11-14/h4-6,11,13H,7-10,12H2,1-3H3. The van der Waals surface area contributed by atoms with Crippen molar-refractivity contribution in [2.45, 2.75) is 45.8 Å². The molecule has 0 saturated carbocycles. The van der Waals surface area contributed by atoms with E-state index < -0.39 is 5.60 Å². The Bertz CT molecular complexity index is 869. The minimum Gasteiger partial charge on any atom is -0.455 e. The van der Waals surface area contributed by atoms with Crippen LogP contribution in [0.1, 0.15) is 39.5 Å². The number of carbonyl (C=O) groups excluding carboxylic acids is 2. The third-order valence-corrected chi connectivity index (χ3v) is 4.60. The minimum absolute atomic E-state index is 0.0985. The Kier molecular flexibility index (Phi) is 6.42. The minimum atomic E-state index is -0.541. The number of carbonyl (C=O) groups is 2. The van der Waals surface area contributed by atoms with Gasteiger partial charge in [-0.15, -0.1) is 0 Å². The third-order valence-electron chi connectivity index (χ3n) is 4.37. The van der Waals surface area contributed by atoms with Crippen LogP contribution in [0.25, 0.3) is 11.4 Å². The molecule has 0 atom stereocenters. The topological polar surface area (TPSA) is 94.8 Å². The number of piperidine rings is 1. The summed E-state index contributed by atoms with van der Waals surface area (Å²) in [6, 6.07) is 7.07. The maximum atomic E-state index is 12.3. The monoisotopic (exact) mass is 421 g/mol. The van der Waals surface area contributed by atoms with Gasteiger partial charge in [0.05, 0.1) is 5.92 Å². The molecule has 9 heteroatoms. The van der Waals surface area contributed by atoms with E-state index in [-0.39, 0.29) is 30.5 Å². The second-order valence-electron chi connectivity index (χ2n) is 7.87. The molecule has 1 amide bonds. The molecule has 0 spiro atoms. The molecular weight excluding hydrogens is 398 g/mol. The quantitative estimate of drug-likeness (QED) is 0.686. The number of hydrogen-bond acceptors (Lipinski definition) is 7. The summed E-state index contributed by atoms with van der Waals surface area (Å²) in [6.45, 7) is 6.28. The first-order chi connectivity index (χ1) is 13.7. The van der Waals surface area contributed by atoms with Crippen molar-refractivity contribution in [3.63, 3.8) is 0 Å². The highest BCUT2D eigenvalue weighted by Gasteiger charge is 2.31. The van der Waals surface area contributed by atoms with Crippen LogP contribution in [0.4, 0.5) is 4.79 Å². The van der Waals surface area contributed by atoms with Crippen molar-refractivity contribution in [3.8, 4) is 11.4 Å². The van der Waals surface area contributed by atoms with Crippen LogP contribution in [-0.2, 0) is 20.9 Å². The number of nitrogens with zero attached hydrogens (tertiary/aromatic N) is 3. The SMILES string of the molecule is CC(C)(C)OC(=O)N1CCC(C(=O)OCc2nc(-c3cccc(Cl)c3)no2)CC1. The Labute approximate surface area is 174 Å². The van der Waals surface area contributed by atoms with Gasteiger partial charge in [-0.2, -0.15) is 4.98 Å². The summed E-state index contributed by atoms with van der Waals surface area (Å²) in [7, 11) is 0. The molecule has 0 aliphatic carbocycles. The van der Waals surface area contributed by atoms with Gasteiger partial charge < -0.3 is 18.9 Å². The second kappa shape index (κ2) is 8.82. The Hall–Kier alpha value is -2.61. The number of amides is 1. The highest BCUT2D eigenvalue weighted by molar-refractivity contribution is 6.30. The lowest BCUT2D eigenvalue weighted by molar-refractivity contribution is -0.152. The normalized spacial score (nSPS) is 15.2. The van der Waals surface area contributed by atoms with E-state index in [0.717, 1.165) is 0 Å². The summed E-state index contributed by atoms with van der Waals surface area (Å²) < 4.78 is 15.8. The van der Waals surface area contributed by atoms with E-state index in [1.807, 2.05) is 26.8 Å². The smallest absolute Gasteiger partial charge is 0.410 e. The van der Waals surface area contributed by atoms with Gasteiger partial charge in [0, 0.05) is 23.7 Å². The van der Waals surface area contributed by atoms with Crippen LogP contribution in [0.2, 0.25) is 5.02 Å². The van der Waals surface area contributed by atoms with Crippen molar-refractivity contribution in [1.29, 1.82) is 0 Å². The van der Waals surface area contributed by atoms with Gasteiger partial charge in [-0.25, -0.2) is 4.79 Å². The third kappa shape index (κ3) is 5.93. The van der Waals surface area contributed by atoms with Crippen molar-refractivity contribution in [3.05, 3.63) is 35.2 Å². The number of benzene rings is 1. The highest BCUT2D eigenvalue weighted by Crippen LogP contribution is 2.22. The van der Waals surface area contributed by atoms with E-state index >= 15 is 0 Å². The molecule has 3 rings (SSSR count). The van der Waals surface area contributed by atoms with E-state index in [4.69, 9.17) is 25.6 Å². The van der Waals surface area contributed by atoms with Crippen molar-refractivity contribution < 1.29 is 23.6 Å². The van der Waals surface area contributed by atoms with Crippen LogP contribution in [-0.4, -0.2) is 45.8 Å². The number of hydrogen-bond donors (Lipinski definition) is 0. The Morgan fingerprint density at radius 3 is 2.66 bits per heavy atom. The number of halogens is 1. The maximum absolute atomic E-state index is 12.3. The number of rotatable bonds is 4. The summed E-state index contributed by atoms with van der Waals surface area (Å²) in [5, 5.41) is 4.45. The van der Waals surface area contributed by atoms with Crippen LogP contribution < -0.4 is 0 Å². The Balaban J connectivity index is 1.47. The van der Waals surface area contributed by atoms with Crippen molar-refractivity contribution >= 4 is 23.7 Å². The van der Waals surface area contributed by atoms with Crippen molar-refractivity contribution in [2.75, 3.05) is 13.1 Å². The van der Waals surface area contributed by atoms with Gasteiger partial charge in [-0.3, -0.25) is 4.79 Å². The molecule has 0 bridgehead atoms. The molecule has 2 heterocycles. The van der Waals surface area contributed by atoms with Gasteiger partial charge in [-0.1, -0.05) is 28.9 Å². The Morgan fingerprint density at radius 1 is 1.28 bits per heavy atom. The predicted octanol–water partition coefficient (Wildman–Crippen LogP) is 4.08. The average Bonchev–Trinajstić information content (AvgIpc) is 3.14. The molecule has 0 unspecified atom stereocenters. The predicted molar refractivity (Wildman–Crippen MR) is 105 cm³/mol. The van der Waals surface area contributed by atoms with Gasteiger partial charge in [-0.05, 0) is 45.7 Å². The fourth-order valence-electron chi connectivity index (χ4n) is 2.93. The van der Waals surface area contributed by atoms with Crippen molar-refractivity contribution in [2.24, 2.45) is 5.92 Å². The first kappa shape index (κ1) is 21.1. The lowest BCUT2D eigenvalue weighted by Crippen LogP contribution is -2.43. The van der Waals surface area contributed by atoms with Gasteiger partial charge >= 0.3 is 12.1 Å². The summed E-state index contributed by atoms with van der Waals surface area (Å²) >= 11 is 5.96. The number of aromatic nitrogens is 2. The average molecular weight is 422 g/mol. The van der Waals surface area contributed by atoms with Crippen LogP contribution >= 0.6 is 11.6 Å². The molecule has 8 nitrogen and oxygen atoms in total. The van der Waals surface area contributed by atoms with E-state index in [0.29, 0.717) is 42.3 Å². The summed E-state index contributed by atoms with van der Waals surface area (Å²) in [6.07, 6.45) is 0.689. The molecule has 29 heavy (non-hydrogen) atoms. The van der Waals surface area contributed by atoms with Crippen molar-refractivity contribution in [1.82, 2.24) is 15.0 Å². The van der Waals surface area contributed by atoms with Crippen LogP contribution in [0.5, 0.6) is 0 Å². The molecular formula is C20H24ClN3O5. The molecule has 1 aromatic carbocycles. The lowest BCUT2D eigenvalue weighted by Gasteiger charge is -2.32. The van der Waals surface area contributed by atoms with Gasteiger partial charge in [0.2, 0.25) is 5.82 Å². The highest BCUT2D eigenvalue weighted by atomic mass is 35.5. The van der Waals surface area contributed by atoms with Gasteiger partial charge in [0.15, 0.2) is 6.61 Å². The zero-order valence-corrected chi connectivity index (χ0v) is 17.4. The Morgan fingerprint density at radius 2 is 2.00 bits per heavy atom. The van der Waals surface area contributed by atoms with E-state index in [2.05, 4.69) is 10.1 Å². The van der Waals surface area contributed by atoms with E-state index in [1.165, 1.54) is 0 Å². The zero-order chi connectivity index (χ0) is 21.0. The molecule has 1 saturated heterocycles. The first-order valence-corrected chi connectivity index (χ1v) is 9.82. The number of likely N-dealkylation sites (tertiary alicyclic amines) is 1. The lowest BCUT2D eigenvalue weighted by atomic mass is 9.97. The molecule has 1 aromatic heterocycles. The fraction of sp³-hybridized carbons (Fsp3) is 0.500. The summed E-state index contributed by atoms with van der Waals surface area (Å²) in [5.74, 6) is -0.0240. The van der Waals surface area contributed by atoms with Crippen LogP contribution in [0, 0.1) is 5.92 Å². The number of ether oxygens (including phenoxy) is 2. The molecule has 0 radical (unpaired) electrons. The fourth-order valence-corrected chi connectivity index (χ4v) is 3.12. The molecule has 2 aromatic rings.